The number of nitrogens with one attached hydrogen (secondary N) is 9. The van der Waals surface area contributed by atoms with E-state index in [1.54, 1.807) is 26.0 Å². The molecule has 1 fully saturated rings. The Kier molecular flexibility index (Phi) is 33.5. The highest BCUT2D eigenvalue weighted by Gasteiger charge is 2.41. The van der Waals surface area contributed by atoms with Gasteiger partial charge in [-0.05, 0) is 125 Å². The Bertz CT molecular complexity index is 3270. The average Bonchev–Trinajstić information content (AvgIpc) is 1.56. The number of carbonyl (C=O) groups is 13. The minimum atomic E-state index is -1.98. The molecule has 0 unspecified atom stereocenters. The van der Waals surface area contributed by atoms with E-state index in [1.807, 2.05) is 6.07 Å². The summed E-state index contributed by atoms with van der Waals surface area (Å²) in [7, 11) is 0. The molecule has 100 heavy (non-hydrogen) atoms. The molecule has 19 N–H and O–H groups in total. The number of aliphatic hydroxyl groups is 1. The van der Waals surface area contributed by atoms with E-state index in [0.717, 1.165) is 26.0 Å². The van der Waals surface area contributed by atoms with Gasteiger partial charge in [-0.3, -0.25) is 67.3 Å². The zero-order valence-electron chi connectivity index (χ0n) is 56.2. The van der Waals surface area contributed by atoms with E-state index in [4.69, 9.17) is 26.8 Å². The maximum Gasteiger partial charge on any atom is 0.305 e. The number of guanidine groups is 1. The number of hydrogen-bond donors (Lipinski definition) is 16. The standard InChI is InChI=1S/C64H93N15O19S2/c1-34(2)23-44-58(91)74-46(28-52(85)86)60(93)78-53(36(4)80)62(95)70-35(3)55(88)73-45(27-37-13-15-40(81)16-14-37)59(92)72-43(17-18-51(83)84)57(90)76-47(54(65)87)32-99-30-38-24-39-26-41(25-38)97-21-7-5-6-8-22-98-69-29-50(82)71-42(11-9-19-68-64(66)67)56(89)77-48(33-100-31-39)63(96)79-20-10-12-49(79)61(94)75-44/h13-16,24-26,29,34-36,42-49,53,80-81H,5-12,17-23,27-28,30-33H2,1-4H3,(H2,65,87)(H,70,95)(H,71,82)(H,72,92)(H,73,88)(H,74,91)(H,75,94)(H,76,90)(H,77,89)(H,78,93)(H,83,84)(H,85,86)(H4,66,67,68)/b69-29+/t35-,36+,42-,43-,44-,45-,46-,47-,48-,49-,53-/m0/s1. The van der Waals surface area contributed by atoms with Crippen LogP contribution in [0.25, 0.3) is 0 Å². The second kappa shape index (κ2) is 41.2. The summed E-state index contributed by atoms with van der Waals surface area (Å²) in [4.78, 5) is 191. The van der Waals surface area contributed by atoms with Crippen molar-refractivity contribution in [3.05, 3.63) is 59.2 Å². The number of ether oxygens (including phenoxy) is 1. The van der Waals surface area contributed by atoms with Crippen molar-refractivity contribution in [1.82, 2.24) is 52.8 Å². The number of fused-ring (bicyclic) bond motifs is 6. The zero-order valence-corrected chi connectivity index (χ0v) is 57.8. The molecule has 4 bridgehead atoms. The van der Waals surface area contributed by atoms with Crippen molar-refractivity contribution < 1.29 is 92.3 Å². The molecular formula is C64H93N15O19S2. The van der Waals surface area contributed by atoms with Crippen LogP contribution in [0.4, 0.5) is 0 Å². The first-order valence-corrected chi connectivity index (χ1v) is 35.1. The maximum absolute atomic E-state index is 15.1. The third-order valence-electron chi connectivity index (χ3n) is 15.9. The number of hydrogen-bond acceptors (Lipinski definition) is 21. The smallest absolute Gasteiger partial charge is 0.305 e. The lowest BCUT2D eigenvalue weighted by molar-refractivity contribution is -0.143. The van der Waals surface area contributed by atoms with Crippen LogP contribution in [-0.2, 0) is 85.1 Å². The predicted molar refractivity (Wildman–Crippen MR) is 366 cm³/mol. The van der Waals surface area contributed by atoms with Crippen molar-refractivity contribution in [2.75, 3.05) is 37.8 Å². The Morgan fingerprint density at radius 3 is 1.90 bits per heavy atom. The molecule has 0 aromatic heterocycles. The van der Waals surface area contributed by atoms with E-state index in [9.17, 15) is 78.0 Å². The summed E-state index contributed by atoms with van der Waals surface area (Å²) in [5, 5.41) is 66.8. The number of carboxylic acid groups (broad SMARTS) is 2. The molecule has 5 rings (SSSR count). The molecule has 3 heterocycles. The van der Waals surface area contributed by atoms with Crippen LogP contribution in [0.2, 0.25) is 0 Å². The Hall–Kier alpha value is -9.45. The number of amides is 11. The highest BCUT2D eigenvalue weighted by molar-refractivity contribution is 7.98. The molecule has 0 spiro atoms. The van der Waals surface area contributed by atoms with Gasteiger partial charge in [0.1, 0.15) is 84.7 Å². The number of benzene rings is 2. The lowest BCUT2D eigenvalue weighted by Gasteiger charge is -2.31. The number of aromatic hydroxyl groups is 1. The Morgan fingerprint density at radius 2 is 1.26 bits per heavy atom. The number of carboxylic acids is 2. The van der Waals surface area contributed by atoms with Gasteiger partial charge in [0.05, 0.1) is 19.1 Å². The highest BCUT2D eigenvalue weighted by Crippen LogP contribution is 2.27. The number of aliphatic hydroxyl groups excluding tert-OH is 1. The number of aliphatic imine (C=N–C) groups is 1. The molecule has 0 aliphatic carbocycles. The number of aliphatic carboxylic acids is 2. The van der Waals surface area contributed by atoms with Crippen LogP contribution in [0.5, 0.6) is 11.5 Å². The summed E-state index contributed by atoms with van der Waals surface area (Å²) in [5.74, 6) is -14.1. The minimum Gasteiger partial charge on any atom is -0.508 e. The summed E-state index contributed by atoms with van der Waals surface area (Å²) in [6.45, 7) is 6.17. The molecule has 3 aliphatic rings. The Balaban J connectivity index is 1.60. The van der Waals surface area contributed by atoms with Gasteiger partial charge in [0, 0.05) is 48.9 Å². The first-order valence-electron chi connectivity index (χ1n) is 32.8. The Morgan fingerprint density at radius 1 is 0.660 bits per heavy atom. The second-order valence-corrected chi connectivity index (χ2v) is 26.9. The lowest BCUT2D eigenvalue weighted by Crippen LogP contribution is -2.62. The van der Waals surface area contributed by atoms with Gasteiger partial charge in [-0.1, -0.05) is 37.2 Å². The molecule has 0 radical (unpaired) electrons. The van der Waals surface area contributed by atoms with Crippen LogP contribution >= 0.6 is 23.5 Å². The van der Waals surface area contributed by atoms with Crippen LogP contribution in [0, 0.1) is 5.92 Å². The van der Waals surface area contributed by atoms with Crippen LogP contribution < -0.4 is 69.8 Å². The minimum absolute atomic E-state index is 0.00339. The van der Waals surface area contributed by atoms with Crippen molar-refractivity contribution in [1.29, 1.82) is 0 Å². The first kappa shape index (κ1) is 81.2. The Labute approximate surface area is 586 Å². The maximum atomic E-state index is 15.1. The molecule has 2 aromatic carbocycles. The van der Waals surface area contributed by atoms with Gasteiger partial charge >= 0.3 is 11.9 Å². The molecule has 1 saturated heterocycles. The fourth-order valence-electron chi connectivity index (χ4n) is 10.8. The van der Waals surface area contributed by atoms with Gasteiger partial charge in [-0.2, -0.15) is 23.5 Å². The molecule has 550 valence electrons. The number of nitrogens with two attached hydrogens (primary N) is 3. The van der Waals surface area contributed by atoms with Crippen molar-refractivity contribution in [3.8, 4) is 11.5 Å². The van der Waals surface area contributed by atoms with Crippen LogP contribution in [0.15, 0.2) is 52.6 Å². The van der Waals surface area contributed by atoms with Crippen LogP contribution in [0.1, 0.15) is 121 Å². The number of phenols is 1. The molecule has 0 saturated carbocycles. The third kappa shape index (κ3) is 28.1. The lowest BCUT2D eigenvalue weighted by atomic mass is 10.0. The topological polar surface area (TPSA) is 536 Å². The first-order chi connectivity index (χ1) is 47.5. The number of primary amides is 1. The predicted octanol–water partition coefficient (Wildman–Crippen LogP) is -2.25. The number of oxime groups is 1. The van der Waals surface area contributed by atoms with Crippen molar-refractivity contribution in [3.63, 3.8) is 0 Å². The molecule has 11 amide bonds. The second-order valence-electron chi connectivity index (χ2n) is 24.8. The van der Waals surface area contributed by atoms with E-state index in [0.29, 0.717) is 35.3 Å². The monoisotopic (exact) mass is 1440 g/mol. The van der Waals surface area contributed by atoms with E-state index in [-0.39, 0.29) is 105 Å². The van der Waals surface area contributed by atoms with Gasteiger partial charge in [0.25, 0.3) is 5.91 Å². The number of carbonyl (C=O) groups excluding carboxylic acids is 11. The number of rotatable bonds is 15. The average molecular weight is 1440 g/mol. The van der Waals surface area contributed by atoms with Gasteiger partial charge in [-0.25, -0.2) is 0 Å². The normalized spacial score (nSPS) is 25.3. The molecule has 34 nitrogen and oxygen atoms in total. The van der Waals surface area contributed by atoms with E-state index in [2.05, 4.69) is 58.0 Å². The van der Waals surface area contributed by atoms with Gasteiger partial charge < -0.3 is 100.0 Å². The van der Waals surface area contributed by atoms with Gasteiger partial charge in [0.2, 0.25) is 59.1 Å². The SMILES string of the molecule is CC(C)C[C@@H]1NC(=O)[C@@H]2CCCN2C(=O)[C@@H]2CSCc3cc(cc(c3)OCCCCCCO/N=C/C(=O)N[C@@H](CCCN=C(N)N)C(=O)N2)CSC[C@@H](C(N)=O)NC(=O)[C@H](CCC(=O)O)NC(=O)[C@H](Cc2ccc(O)cc2)NC(=O)[C@H](C)NC(=O)[C@H]([C@@H](C)O)NC(=O)[C@H](CC(=O)O)NC1=O. The van der Waals surface area contributed by atoms with Crippen molar-refractivity contribution in [2.24, 2.45) is 33.3 Å². The third-order valence-corrected chi connectivity index (χ3v) is 18.1. The molecule has 36 heteroatoms. The molecule has 2 aromatic rings. The summed E-state index contributed by atoms with van der Waals surface area (Å²) >= 11 is 2.37. The largest absolute Gasteiger partial charge is 0.508 e. The quantitative estimate of drug-likeness (QED) is 0.0509. The molecular weight excluding hydrogens is 1350 g/mol. The summed E-state index contributed by atoms with van der Waals surface area (Å²) in [5.41, 5.74) is 18.6. The zero-order chi connectivity index (χ0) is 73.6. The number of nitrogens with zero attached hydrogens (tertiary/aromatic N) is 3. The fraction of sp³-hybridized carbons (Fsp3) is 0.578. The fourth-order valence-corrected chi connectivity index (χ4v) is 12.7. The van der Waals surface area contributed by atoms with Gasteiger partial charge in [-0.15, -0.1) is 0 Å². The highest BCUT2D eigenvalue weighted by atomic mass is 32.2. The number of thioether (sulfide) groups is 2. The van der Waals surface area contributed by atoms with Crippen molar-refractivity contribution in [2.45, 2.75) is 189 Å². The van der Waals surface area contributed by atoms with Crippen molar-refractivity contribution >= 4 is 113 Å². The van der Waals surface area contributed by atoms with E-state index >= 15 is 4.79 Å². The van der Waals surface area contributed by atoms with Crippen LogP contribution in [0.3, 0.4) is 0 Å². The van der Waals surface area contributed by atoms with Crippen LogP contribution in [-0.4, -0.2) is 219 Å². The summed E-state index contributed by atoms with van der Waals surface area (Å²) < 4.78 is 6.26. The number of phenolic OH excluding ortho intramolecular Hbond substituents is 1. The van der Waals surface area contributed by atoms with E-state index < -0.39 is 163 Å². The van der Waals surface area contributed by atoms with Gasteiger partial charge in [0.15, 0.2) is 5.96 Å². The summed E-state index contributed by atoms with van der Waals surface area (Å²) in [6, 6.07) is -4.89. The van der Waals surface area contributed by atoms with E-state index in [1.165, 1.54) is 59.6 Å². The molecule has 11 atom stereocenters. The molecule has 3 aliphatic heterocycles. The summed E-state index contributed by atoms with van der Waals surface area (Å²) in [6.07, 6.45) is -0.505.